The van der Waals surface area contributed by atoms with Crippen molar-refractivity contribution >= 4 is 5.69 Å². The van der Waals surface area contributed by atoms with Crippen molar-refractivity contribution in [2.45, 2.75) is 37.5 Å². The molecule has 0 amide bonds. The van der Waals surface area contributed by atoms with Crippen molar-refractivity contribution in [3.05, 3.63) is 65.7 Å². The molecule has 0 aromatic heterocycles. The highest BCUT2D eigenvalue weighted by atomic mass is 16.5. The number of likely N-dealkylation sites (tertiary alicyclic amines) is 1. The summed E-state index contributed by atoms with van der Waals surface area (Å²) in [6.07, 6.45) is 2.59. The second kappa shape index (κ2) is 6.47. The van der Waals surface area contributed by atoms with E-state index >= 15 is 0 Å². The molecule has 2 fully saturated rings. The minimum Gasteiger partial charge on any atom is -0.376 e. The van der Waals surface area contributed by atoms with Crippen LogP contribution in [0.3, 0.4) is 0 Å². The molecule has 2 aromatic carbocycles. The van der Waals surface area contributed by atoms with Crippen molar-refractivity contribution in [2.75, 3.05) is 31.1 Å². The van der Waals surface area contributed by atoms with Gasteiger partial charge in [-0.25, -0.2) is 0 Å². The highest BCUT2D eigenvalue weighted by Crippen LogP contribution is 2.36. The normalized spacial score (nSPS) is 28.8. The maximum Gasteiger partial charge on any atom is 0.0719 e. The number of hydrogen-bond donors (Lipinski definition) is 0. The van der Waals surface area contributed by atoms with Gasteiger partial charge in [0.15, 0.2) is 0 Å². The first kappa shape index (κ1) is 15.4. The molecule has 3 heteroatoms. The Morgan fingerprint density at radius 2 is 1.80 bits per heavy atom. The third-order valence-electron chi connectivity index (χ3n) is 6.27. The largest absolute Gasteiger partial charge is 0.376 e. The average molecular weight is 334 g/mol. The fourth-order valence-electron chi connectivity index (χ4n) is 5.00. The van der Waals surface area contributed by atoms with Gasteiger partial charge >= 0.3 is 0 Å². The molecule has 3 nitrogen and oxygen atoms in total. The van der Waals surface area contributed by atoms with Gasteiger partial charge in [-0.05, 0) is 36.1 Å². The molecule has 5 rings (SSSR count). The molecule has 0 aliphatic carbocycles. The van der Waals surface area contributed by atoms with Crippen LogP contribution in [0.2, 0.25) is 0 Å². The van der Waals surface area contributed by atoms with Crippen LogP contribution in [-0.4, -0.2) is 43.2 Å². The van der Waals surface area contributed by atoms with Crippen LogP contribution in [0, 0.1) is 0 Å². The second-order valence-corrected chi connectivity index (χ2v) is 7.73. The van der Waals surface area contributed by atoms with Crippen LogP contribution >= 0.6 is 0 Å². The quantitative estimate of drug-likeness (QED) is 0.852. The topological polar surface area (TPSA) is 15.7 Å². The Morgan fingerprint density at radius 3 is 2.72 bits per heavy atom. The summed E-state index contributed by atoms with van der Waals surface area (Å²) in [5.41, 5.74) is 4.28. The summed E-state index contributed by atoms with van der Waals surface area (Å²) < 4.78 is 5.88. The fraction of sp³-hybridized carbons (Fsp3) is 0.455. The number of ether oxygens (including phenoxy) is 1. The van der Waals surface area contributed by atoms with Crippen LogP contribution in [0.25, 0.3) is 0 Å². The molecule has 2 saturated heterocycles. The Hall–Kier alpha value is -1.84. The first-order valence-electron chi connectivity index (χ1n) is 9.60. The lowest BCUT2D eigenvalue weighted by molar-refractivity contribution is 0.0680. The van der Waals surface area contributed by atoms with Gasteiger partial charge < -0.3 is 9.64 Å². The number of nitrogens with zero attached hydrogens (tertiary/aromatic N) is 2. The van der Waals surface area contributed by atoms with E-state index in [4.69, 9.17) is 4.74 Å². The standard InChI is InChI=1S/C22H26N2O/c1-2-7-19(8-3-1)24-14-21-12-20(24)10-11-23(21)13-18-16-25-15-17-6-4-5-9-22(17)18/h1-9,18,20-21H,10-16H2/t18?,20-,21+/m1/s1. The molecular weight excluding hydrogens is 308 g/mol. The number of fused-ring (bicyclic) bond motifs is 3. The van der Waals surface area contributed by atoms with Crippen molar-refractivity contribution in [1.29, 1.82) is 0 Å². The maximum atomic E-state index is 5.88. The minimum absolute atomic E-state index is 0.521. The minimum atomic E-state index is 0.521. The number of para-hydroxylation sites is 1. The molecule has 2 aromatic rings. The fourth-order valence-corrected chi connectivity index (χ4v) is 5.00. The van der Waals surface area contributed by atoms with Crippen molar-refractivity contribution in [2.24, 2.45) is 0 Å². The van der Waals surface area contributed by atoms with Crippen LogP contribution in [-0.2, 0) is 11.3 Å². The molecule has 3 atom stereocenters. The smallest absolute Gasteiger partial charge is 0.0719 e. The van der Waals surface area contributed by atoms with Gasteiger partial charge in [0.2, 0.25) is 0 Å². The summed E-state index contributed by atoms with van der Waals surface area (Å²) in [4.78, 5) is 5.37. The van der Waals surface area contributed by atoms with E-state index in [-0.39, 0.29) is 0 Å². The zero-order valence-electron chi connectivity index (χ0n) is 14.7. The van der Waals surface area contributed by atoms with Crippen molar-refractivity contribution < 1.29 is 4.74 Å². The molecule has 0 radical (unpaired) electrons. The SMILES string of the molecule is c1ccc(N2C[C@@H]3C[C@H]2CCN3CC2COCc3ccccc32)cc1. The molecule has 1 unspecified atom stereocenters. The Labute approximate surface area is 150 Å². The second-order valence-electron chi connectivity index (χ2n) is 7.73. The molecule has 0 spiro atoms. The molecule has 130 valence electrons. The van der Waals surface area contributed by atoms with E-state index in [2.05, 4.69) is 64.4 Å². The van der Waals surface area contributed by atoms with Gasteiger partial charge in [-0.2, -0.15) is 0 Å². The predicted octanol–water partition coefficient (Wildman–Crippen LogP) is 3.65. The zero-order chi connectivity index (χ0) is 16.6. The molecule has 0 N–H and O–H groups in total. The summed E-state index contributed by atoms with van der Waals surface area (Å²) in [6.45, 7) is 5.17. The molecule has 2 bridgehead atoms. The summed E-state index contributed by atoms with van der Waals surface area (Å²) in [7, 11) is 0. The van der Waals surface area contributed by atoms with Gasteiger partial charge in [-0.1, -0.05) is 42.5 Å². The van der Waals surface area contributed by atoms with Gasteiger partial charge in [0, 0.05) is 43.3 Å². The number of anilines is 1. The molecule has 3 heterocycles. The lowest BCUT2D eigenvalue weighted by Crippen LogP contribution is -2.43. The Kier molecular flexibility index (Phi) is 3.99. The van der Waals surface area contributed by atoms with Crippen LogP contribution in [0.4, 0.5) is 5.69 Å². The molecule has 25 heavy (non-hydrogen) atoms. The molecule has 3 aliphatic rings. The van der Waals surface area contributed by atoms with Crippen molar-refractivity contribution in [3.8, 4) is 0 Å². The average Bonchev–Trinajstić information content (AvgIpc) is 3.03. The van der Waals surface area contributed by atoms with Crippen molar-refractivity contribution in [1.82, 2.24) is 4.90 Å². The van der Waals surface area contributed by atoms with E-state index in [0.29, 0.717) is 12.0 Å². The van der Waals surface area contributed by atoms with E-state index in [9.17, 15) is 0 Å². The molecule has 0 saturated carbocycles. The van der Waals surface area contributed by atoms with Gasteiger partial charge in [-0.15, -0.1) is 0 Å². The van der Waals surface area contributed by atoms with E-state index < -0.39 is 0 Å². The first-order chi connectivity index (χ1) is 12.4. The first-order valence-corrected chi connectivity index (χ1v) is 9.60. The van der Waals surface area contributed by atoms with E-state index in [1.165, 1.54) is 42.7 Å². The molecular formula is C22H26N2O. The Balaban J connectivity index is 1.31. The lowest BCUT2D eigenvalue weighted by Gasteiger charge is -2.36. The monoisotopic (exact) mass is 334 g/mol. The van der Waals surface area contributed by atoms with Crippen LogP contribution in [0.5, 0.6) is 0 Å². The van der Waals surface area contributed by atoms with E-state index in [1.54, 1.807) is 0 Å². The zero-order valence-corrected chi connectivity index (χ0v) is 14.7. The third-order valence-corrected chi connectivity index (χ3v) is 6.27. The number of rotatable bonds is 3. The molecule has 3 aliphatic heterocycles. The van der Waals surface area contributed by atoms with E-state index in [0.717, 1.165) is 25.8 Å². The van der Waals surface area contributed by atoms with Crippen molar-refractivity contribution in [3.63, 3.8) is 0 Å². The highest BCUT2D eigenvalue weighted by molar-refractivity contribution is 5.49. The summed E-state index contributed by atoms with van der Waals surface area (Å²) >= 11 is 0. The van der Waals surface area contributed by atoms with Gasteiger partial charge in [0.05, 0.1) is 13.2 Å². The summed E-state index contributed by atoms with van der Waals surface area (Å²) in [5, 5.41) is 0. The summed E-state index contributed by atoms with van der Waals surface area (Å²) in [5.74, 6) is 0.521. The maximum absolute atomic E-state index is 5.88. The van der Waals surface area contributed by atoms with E-state index in [1.807, 2.05) is 0 Å². The summed E-state index contributed by atoms with van der Waals surface area (Å²) in [6, 6.07) is 21.2. The lowest BCUT2D eigenvalue weighted by atomic mass is 9.91. The predicted molar refractivity (Wildman–Crippen MR) is 101 cm³/mol. The number of hydrogen-bond acceptors (Lipinski definition) is 3. The van der Waals surface area contributed by atoms with Gasteiger partial charge in [0.1, 0.15) is 0 Å². The Morgan fingerprint density at radius 1 is 0.960 bits per heavy atom. The van der Waals surface area contributed by atoms with Gasteiger partial charge in [-0.3, -0.25) is 4.90 Å². The van der Waals surface area contributed by atoms with Crippen LogP contribution in [0.15, 0.2) is 54.6 Å². The number of benzene rings is 2. The van der Waals surface area contributed by atoms with Gasteiger partial charge in [0.25, 0.3) is 0 Å². The third kappa shape index (κ3) is 2.86. The highest BCUT2D eigenvalue weighted by Gasteiger charge is 2.40. The number of piperidine rings is 1. The van der Waals surface area contributed by atoms with Crippen LogP contribution in [0.1, 0.15) is 29.9 Å². The Bertz CT molecular complexity index is 732. The van der Waals surface area contributed by atoms with Crippen LogP contribution < -0.4 is 4.90 Å².